The molecule has 18 heavy (non-hydrogen) atoms. The van der Waals surface area contributed by atoms with Gasteiger partial charge in [0.25, 0.3) is 0 Å². The van der Waals surface area contributed by atoms with Crippen LogP contribution in [0.2, 0.25) is 0 Å². The van der Waals surface area contributed by atoms with E-state index in [2.05, 4.69) is 48.2 Å². The Morgan fingerprint density at radius 2 is 1.83 bits per heavy atom. The highest BCUT2D eigenvalue weighted by Crippen LogP contribution is 2.36. The third-order valence-corrected chi connectivity index (χ3v) is 3.85. The zero-order valence-corrected chi connectivity index (χ0v) is 10.9. The summed E-state index contributed by atoms with van der Waals surface area (Å²) in [6, 6.07) is 13.8. The molecule has 2 heteroatoms. The number of nitrogens with zero attached hydrogens (tertiary/aromatic N) is 1. The minimum atomic E-state index is 0.607. The van der Waals surface area contributed by atoms with Crippen LogP contribution in [0, 0.1) is 0 Å². The molecule has 0 spiro atoms. The molecule has 1 saturated carbocycles. The summed E-state index contributed by atoms with van der Waals surface area (Å²) in [6.45, 7) is 3.93. The third-order valence-electron chi connectivity index (χ3n) is 3.85. The van der Waals surface area contributed by atoms with Crippen molar-refractivity contribution >= 4 is 16.5 Å². The van der Waals surface area contributed by atoms with Crippen molar-refractivity contribution in [2.75, 3.05) is 11.4 Å². The number of hydrogen-bond donors (Lipinski definition) is 1. The van der Waals surface area contributed by atoms with Crippen molar-refractivity contribution in [2.45, 2.75) is 32.4 Å². The van der Waals surface area contributed by atoms with E-state index in [0.29, 0.717) is 6.54 Å². The Bertz CT molecular complexity index is 558. The summed E-state index contributed by atoms with van der Waals surface area (Å²) in [5.74, 6) is 0. The van der Waals surface area contributed by atoms with E-state index in [1.807, 2.05) is 0 Å². The molecule has 2 aromatic carbocycles. The van der Waals surface area contributed by atoms with Gasteiger partial charge in [0.15, 0.2) is 0 Å². The summed E-state index contributed by atoms with van der Waals surface area (Å²) in [5.41, 5.74) is 8.44. The Kier molecular flexibility index (Phi) is 2.96. The van der Waals surface area contributed by atoms with Gasteiger partial charge in [-0.3, -0.25) is 0 Å². The molecular weight excluding hydrogens is 220 g/mol. The second kappa shape index (κ2) is 4.62. The Labute approximate surface area is 108 Å². The second-order valence-corrected chi connectivity index (χ2v) is 5.01. The van der Waals surface area contributed by atoms with Crippen LogP contribution < -0.4 is 10.6 Å². The Hall–Kier alpha value is -1.54. The number of hydrogen-bond acceptors (Lipinski definition) is 2. The van der Waals surface area contributed by atoms with Crippen molar-refractivity contribution in [1.29, 1.82) is 0 Å². The van der Waals surface area contributed by atoms with Crippen molar-refractivity contribution in [1.82, 2.24) is 0 Å². The van der Waals surface area contributed by atoms with E-state index in [-0.39, 0.29) is 0 Å². The molecule has 94 valence electrons. The van der Waals surface area contributed by atoms with Crippen LogP contribution in [0.3, 0.4) is 0 Å². The number of anilines is 1. The van der Waals surface area contributed by atoms with Gasteiger partial charge in [0, 0.05) is 30.2 Å². The van der Waals surface area contributed by atoms with Gasteiger partial charge >= 0.3 is 0 Å². The summed E-state index contributed by atoms with van der Waals surface area (Å²) in [4.78, 5) is 2.53. The van der Waals surface area contributed by atoms with E-state index in [1.54, 1.807) is 0 Å². The SMILES string of the molecule is CCN(c1ccc(CN)c2ccccc12)C1CC1. The minimum Gasteiger partial charge on any atom is -0.368 e. The van der Waals surface area contributed by atoms with Crippen LogP contribution in [-0.2, 0) is 6.54 Å². The van der Waals surface area contributed by atoms with E-state index >= 15 is 0 Å². The van der Waals surface area contributed by atoms with Crippen LogP contribution in [0.25, 0.3) is 10.8 Å². The predicted octanol–water partition coefficient (Wildman–Crippen LogP) is 3.29. The molecule has 0 aliphatic heterocycles. The Morgan fingerprint density at radius 1 is 1.11 bits per heavy atom. The molecule has 2 nitrogen and oxygen atoms in total. The molecule has 1 aliphatic rings. The molecular formula is C16H20N2. The molecule has 0 atom stereocenters. The third kappa shape index (κ3) is 1.87. The molecule has 0 unspecified atom stereocenters. The highest BCUT2D eigenvalue weighted by molar-refractivity contribution is 5.96. The summed E-state index contributed by atoms with van der Waals surface area (Å²) in [5, 5.41) is 2.64. The van der Waals surface area contributed by atoms with Gasteiger partial charge in [0.1, 0.15) is 0 Å². The highest BCUT2D eigenvalue weighted by atomic mass is 15.2. The fourth-order valence-corrected chi connectivity index (χ4v) is 2.79. The van der Waals surface area contributed by atoms with Gasteiger partial charge in [0.2, 0.25) is 0 Å². The quantitative estimate of drug-likeness (QED) is 0.888. The van der Waals surface area contributed by atoms with Crippen molar-refractivity contribution < 1.29 is 0 Å². The van der Waals surface area contributed by atoms with Crippen molar-refractivity contribution in [3.8, 4) is 0 Å². The molecule has 0 aromatic heterocycles. The van der Waals surface area contributed by atoms with Gasteiger partial charge in [0.05, 0.1) is 0 Å². The van der Waals surface area contributed by atoms with Crippen LogP contribution >= 0.6 is 0 Å². The Morgan fingerprint density at radius 3 is 2.44 bits per heavy atom. The van der Waals surface area contributed by atoms with Gasteiger partial charge < -0.3 is 10.6 Å². The molecule has 2 N–H and O–H groups in total. The maximum Gasteiger partial charge on any atom is 0.0448 e. The van der Waals surface area contributed by atoms with Crippen LogP contribution in [0.4, 0.5) is 5.69 Å². The predicted molar refractivity (Wildman–Crippen MR) is 77.9 cm³/mol. The first-order chi connectivity index (χ1) is 8.85. The van der Waals surface area contributed by atoms with Crippen molar-refractivity contribution in [3.05, 3.63) is 42.0 Å². The van der Waals surface area contributed by atoms with Crippen molar-refractivity contribution in [2.24, 2.45) is 5.73 Å². The average Bonchev–Trinajstić information content (AvgIpc) is 3.24. The Balaban J connectivity index is 2.17. The van der Waals surface area contributed by atoms with E-state index in [0.717, 1.165) is 12.6 Å². The molecule has 3 rings (SSSR count). The normalized spacial score (nSPS) is 15.0. The average molecular weight is 240 g/mol. The maximum atomic E-state index is 5.83. The van der Waals surface area contributed by atoms with E-state index in [1.165, 1.54) is 34.9 Å². The summed E-state index contributed by atoms with van der Waals surface area (Å²) in [6.07, 6.45) is 2.67. The summed E-state index contributed by atoms with van der Waals surface area (Å²) >= 11 is 0. The van der Waals surface area contributed by atoms with E-state index < -0.39 is 0 Å². The topological polar surface area (TPSA) is 29.3 Å². The maximum absolute atomic E-state index is 5.83. The number of rotatable bonds is 4. The van der Waals surface area contributed by atoms with Gasteiger partial charge in [-0.2, -0.15) is 0 Å². The lowest BCUT2D eigenvalue weighted by Gasteiger charge is -2.25. The van der Waals surface area contributed by atoms with Crippen LogP contribution in [0.1, 0.15) is 25.3 Å². The van der Waals surface area contributed by atoms with Crippen molar-refractivity contribution in [3.63, 3.8) is 0 Å². The zero-order valence-electron chi connectivity index (χ0n) is 10.9. The van der Waals surface area contributed by atoms with E-state index in [4.69, 9.17) is 5.73 Å². The number of nitrogens with two attached hydrogens (primary N) is 1. The van der Waals surface area contributed by atoms with Gasteiger partial charge in [-0.05, 0) is 36.8 Å². The first kappa shape index (κ1) is 11.5. The minimum absolute atomic E-state index is 0.607. The van der Waals surface area contributed by atoms with Gasteiger partial charge in [-0.1, -0.05) is 30.3 Å². The lowest BCUT2D eigenvalue weighted by molar-refractivity contribution is 0.830. The summed E-state index contributed by atoms with van der Waals surface area (Å²) < 4.78 is 0. The standard InChI is InChI=1S/C16H20N2/c1-2-18(13-8-9-13)16-10-7-12(11-17)14-5-3-4-6-15(14)16/h3-7,10,13H,2,8-9,11,17H2,1H3. The first-order valence-corrected chi connectivity index (χ1v) is 6.82. The van der Waals surface area contributed by atoms with E-state index in [9.17, 15) is 0 Å². The molecule has 0 bridgehead atoms. The molecule has 1 fully saturated rings. The van der Waals surface area contributed by atoms with Crippen LogP contribution in [0.15, 0.2) is 36.4 Å². The largest absolute Gasteiger partial charge is 0.368 e. The molecule has 1 aliphatic carbocycles. The molecule has 0 heterocycles. The van der Waals surface area contributed by atoms with Crippen LogP contribution in [-0.4, -0.2) is 12.6 Å². The number of fused-ring (bicyclic) bond motifs is 1. The number of benzene rings is 2. The zero-order chi connectivity index (χ0) is 12.5. The molecule has 0 radical (unpaired) electrons. The smallest absolute Gasteiger partial charge is 0.0448 e. The van der Waals surface area contributed by atoms with Gasteiger partial charge in [-0.25, -0.2) is 0 Å². The molecule has 0 amide bonds. The lowest BCUT2D eigenvalue weighted by Crippen LogP contribution is -2.25. The van der Waals surface area contributed by atoms with Crippen LogP contribution in [0.5, 0.6) is 0 Å². The summed E-state index contributed by atoms with van der Waals surface area (Å²) in [7, 11) is 0. The monoisotopic (exact) mass is 240 g/mol. The highest BCUT2D eigenvalue weighted by Gasteiger charge is 2.28. The fraction of sp³-hybridized carbons (Fsp3) is 0.375. The first-order valence-electron chi connectivity index (χ1n) is 6.82. The fourth-order valence-electron chi connectivity index (χ4n) is 2.79. The second-order valence-electron chi connectivity index (χ2n) is 5.01. The molecule has 0 saturated heterocycles. The lowest BCUT2D eigenvalue weighted by atomic mass is 10.0. The van der Waals surface area contributed by atoms with Gasteiger partial charge in [-0.15, -0.1) is 0 Å². The molecule has 2 aromatic rings.